The molecule has 1 aliphatic heterocycles. The highest BCUT2D eigenvalue weighted by molar-refractivity contribution is 6.13. The second-order valence-electron chi connectivity index (χ2n) is 3.64. The number of benzene rings is 1. The molecule has 1 atom stereocenters. The van der Waals surface area contributed by atoms with Crippen molar-refractivity contribution in [1.82, 2.24) is 5.32 Å². The molecule has 0 bridgehead atoms. The van der Waals surface area contributed by atoms with Crippen LogP contribution in [0.25, 0.3) is 0 Å². The zero-order chi connectivity index (χ0) is 12.6. The molecule has 90 valence electrons. The van der Waals surface area contributed by atoms with Gasteiger partial charge < -0.3 is 5.32 Å². The van der Waals surface area contributed by atoms with E-state index in [0.29, 0.717) is 6.42 Å². The van der Waals surface area contributed by atoms with Crippen LogP contribution in [-0.4, -0.2) is 17.8 Å². The van der Waals surface area contributed by atoms with Crippen LogP contribution in [0.15, 0.2) is 17.1 Å². The molecule has 1 heterocycles. The van der Waals surface area contributed by atoms with Crippen LogP contribution in [0, 0.1) is 17.5 Å². The first-order valence-electron chi connectivity index (χ1n) is 5.06. The molecule has 1 aliphatic rings. The summed E-state index contributed by atoms with van der Waals surface area (Å²) < 4.78 is 38.7. The normalized spacial score (nSPS) is 19.2. The number of hydrogen-bond donors (Lipinski definition) is 1. The number of aliphatic imine (C=N–C) groups is 1. The number of nitrogens with one attached hydrogen (secondary N) is 1. The number of amidine groups is 1. The molecule has 1 aromatic rings. The first-order chi connectivity index (χ1) is 8.02. The summed E-state index contributed by atoms with van der Waals surface area (Å²) in [5.41, 5.74) is 0.0192. The Hall–Kier alpha value is -1.85. The molecule has 1 unspecified atom stereocenters. The first-order valence-corrected chi connectivity index (χ1v) is 5.06. The van der Waals surface area contributed by atoms with Crippen molar-refractivity contribution >= 4 is 11.7 Å². The average Bonchev–Trinajstić information content (AvgIpc) is 2.66. The number of halogens is 3. The van der Waals surface area contributed by atoms with Gasteiger partial charge in [-0.15, -0.1) is 0 Å². The third-order valence-corrected chi connectivity index (χ3v) is 2.47. The maximum Gasteiger partial charge on any atom is 0.250 e. The summed E-state index contributed by atoms with van der Waals surface area (Å²) in [5, 5.41) is 2.40. The fraction of sp³-hybridized carbons (Fsp3) is 0.273. The quantitative estimate of drug-likeness (QED) is 0.789. The fourth-order valence-electron chi connectivity index (χ4n) is 1.56. The molecule has 3 nitrogen and oxygen atoms in total. The van der Waals surface area contributed by atoms with E-state index in [1.807, 2.05) is 0 Å². The van der Waals surface area contributed by atoms with Gasteiger partial charge in [0.25, 0.3) is 0 Å². The zero-order valence-electron chi connectivity index (χ0n) is 8.93. The minimum Gasteiger partial charge on any atom is -0.309 e. The molecule has 1 N–H and O–H groups in total. The van der Waals surface area contributed by atoms with Crippen LogP contribution in [0.1, 0.15) is 18.9 Å². The second-order valence-corrected chi connectivity index (χ2v) is 3.64. The summed E-state index contributed by atoms with van der Waals surface area (Å²) in [5.74, 6) is -4.41. The van der Waals surface area contributed by atoms with Crippen molar-refractivity contribution < 1.29 is 18.0 Å². The summed E-state index contributed by atoms with van der Waals surface area (Å²) in [4.78, 5) is 15.3. The molecule has 0 aliphatic carbocycles. The van der Waals surface area contributed by atoms with E-state index in [1.54, 1.807) is 6.92 Å². The highest BCUT2D eigenvalue weighted by Gasteiger charge is 2.26. The Morgan fingerprint density at radius 2 is 1.88 bits per heavy atom. The zero-order valence-corrected chi connectivity index (χ0v) is 8.93. The molecule has 0 aromatic heterocycles. The van der Waals surface area contributed by atoms with Gasteiger partial charge in [0, 0.05) is 5.56 Å². The summed E-state index contributed by atoms with van der Waals surface area (Å²) in [6.45, 7) is 1.77. The summed E-state index contributed by atoms with van der Waals surface area (Å²) in [6.07, 6.45) is 0.488. The SMILES string of the molecule is CCC1N=C(c2cc(F)c(F)c(F)c2)NC1=O. The van der Waals surface area contributed by atoms with E-state index in [1.165, 1.54) is 0 Å². The van der Waals surface area contributed by atoms with Gasteiger partial charge in [0.15, 0.2) is 17.5 Å². The van der Waals surface area contributed by atoms with Crippen molar-refractivity contribution in [1.29, 1.82) is 0 Å². The Morgan fingerprint density at radius 3 is 2.35 bits per heavy atom. The van der Waals surface area contributed by atoms with Gasteiger partial charge in [0.1, 0.15) is 11.9 Å². The number of hydrogen-bond acceptors (Lipinski definition) is 2. The molecule has 0 fully saturated rings. The molecule has 0 radical (unpaired) electrons. The van der Waals surface area contributed by atoms with Gasteiger partial charge in [-0.3, -0.25) is 9.79 Å². The molecule has 1 aromatic carbocycles. The molecule has 2 rings (SSSR count). The first kappa shape index (κ1) is 11.6. The Kier molecular flexibility index (Phi) is 2.87. The van der Waals surface area contributed by atoms with Crippen molar-refractivity contribution in [2.24, 2.45) is 4.99 Å². The summed E-state index contributed by atoms with van der Waals surface area (Å²) in [6, 6.07) is 1.05. The van der Waals surface area contributed by atoms with Gasteiger partial charge in [-0.1, -0.05) is 6.92 Å². The largest absolute Gasteiger partial charge is 0.309 e. The number of carbonyl (C=O) groups excluding carboxylic acids is 1. The van der Waals surface area contributed by atoms with Gasteiger partial charge in [-0.05, 0) is 18.6 Å². The van der Waals surface area contributed by atoms with Crippen LogP contribution in [0.5, 0.6) is 0 Å². The molecule has 17 heavy (non-hydrogen) atoms. The van der Waals surface area contributed by atoms with E-state index in [4.69, 9.17) is 0 Å². The van der Waals surface area contributed by atoms with E-state index in [-0.39, 0.29) is 17.3 Å². The third-order valence-electron chi connectivity index (χ3n) is 2.47. The minimum absolute atomic E-state index is 0.0192. The molecule has 0 saturated carbocycles. The lowest BCUT2D eigenvalue weighted by molar-refractivity contribution is -0.120. The number of amides is 1. The predicted molar refractivity (Wildman–Crippen MR) is 55.1 cm³/mol. The van der Waals surface area contributed by atoms with E-state index in [9.17, 15) is 18.0 Å². The summed E-state index contributed by atoms with van der Waals surface area (Å²) in [7, 11) is 0. The van der Waals surface area contributed by atoms with Crippen molar-refractivity contribution in [2.45, 2.75) is 19.4 Å². The van der Waals surface area contributed by atoms with Gasteiger partial charge in [-0.25, -0.2) is 13.2 Å². The maximum absolute atomic E-state index is 13.0. The van der Waals surface area contributed by atoms with Crippen LogP contribution < -0.4 is 5.32 Å². The lowest BCUT2D eigenvalue weighted by Crippen LogP contribution is -2.29. The lowest BCUT2D eigenvalue weighted by Gasteiger charge is -2.02. The monoisotopic (exact) mass is 242 g/mol. The van der Waals surface area contributed by atoms with E-state index >= 15 is 0 Å². The minimum atomic E-state index is -1.54. The van der Waals surface area contributed by atoms with Crippen LogP contribution in [-0.2, 0) is 4.79 Å². The van der Waals surface area contributed by atoms with E-state index in [2.05, 4.69) is 10.3 Å². The molecule has 6 heteroatoms. The van der Waals surface area contributed by atoms with Crippen molar-refractivity contribution in [2.75, 3.05) is 0 Å². The number of nitrogens with zero attached hydrogens (tertiary/aromatic N) is 1. The third kappa shape index (κ3) is 2.02. The Labute approximate surface area is 95.4 Å². The van der Waals surface area contributed by atoms with Crippen LogP contribution >= 0.6 is 0 Å². The smallest absolute Gasteiger partial charge is 0.250 e. The van der Waals surface area contributed by atoms with Gasteiger partial charge in [0.05, 0.1) is 0 Å². The highest BCUT2D eigenvalue weighted by Crippen LogP contribution is 2.16. The topological polar surface area (TPSA) is 41.5 Å². The standard InChI is InChI=1S/C11H9F3N2O/c1-2-8-11(17)16-10(15-8)5-3-6(12)9(14)7(13)4-5/h3-4,8H,2H2,1H3,(H,15,16,17). The number of carbonyl (C=O) groups is 1. The van der Waals surface area contributed by atoms with Gasteiger partial charge in [-0.2, -0.15) is 0 Å². The number of rotatable bonds is 2. The second kappa shape index (κ2) is 4.20. The highest BCUT2D eigenvalue weighted by atomic mass is 19.2. The van der Waals surface area contributed by atoms with Crippen LogP contribution in [0.3, 0.4) is 0 Å². The molecule has 0 spiro atoms. The van der Waals surface area contributed by atoms with Crippen molar-refractivity contribution in [3.05, 3.63) is 35.1 Å². The lowest BCUT2D eigenvalue weighted by atomic mass is 10.2. The van der Waals surface area contributed by atoms with Gasteiger partial charge >= 0.3 is 0 Å². The molecule has 0 saturated heterocycles. The van der Waals surface area contributed by atoms with Crippen molar-refractivity contribution in [3.63, 3.8) is 0 Å². The van der Waals surface area contributed by atoms with Crippen LogP contribution in [0.2, 0.25) is 0 Å². The van der Waals surface area contributed by atoms with E-state index in [0.717, 1.165) is 12.1 Å². The summed E-state index contributed by atoms with van der Waals surface area (Å²) >= 11 is 0. The van der Waals surface area contributed by atoms with E-state index < -0.39 is 23.5 Å². The van der Waals surface area contributed by atoms with Crippen LogP contribution in [0.4, 0.5) is 13.2 Å². The molecular formula is C11H9F3N2O. The van der Waals surface area contributed by atoms with Gasteiger partial charge in [0.2, 0.25) is 5.91 Å². The molecular weight excluding hydrogens is 233 g/mol. The van der Waals surface area contributed by atoms with Crippen molar-refractivity contribution in [3.8, 4) is 0 Å². The Balaban J connectivity index is 2.40. The Morgan fingerprint density at radius 1 is 1.29 bits per heavy atom. The average molecular weight is 242 g/mol. The molecule has 1 amide bonds. The fourth-order valence-corrected chi connectivity index (χ4v) is 1.56. The maximum atomic E-state index is 13.0. The predicted octanol–water partition coefficient (Wildman–Crippen LogP) is 1.76. The Bertz CT molecular complexity index is 490.